The quantitative estimate of drug-likeness (QED) is 0.152. The zero-order valence-corrected chi connectivity index (χ0v) is 42.8. The minimum Gasteiger partial charge on any atom is -0.457 e. The molecule has 6 nitrogen and oxygen atoms in total. The standard InChI is InChI=1S/C66H61N5O/c1-64(2,3)45-33-34-67-60(38-45)71-57-32-20-31-56-61(57)62-58(70(56)48-23-14-11-15-24-48)40-51(41-59(62)71)72-50-26-18-25-49(39-50)68-42-69(55-30-17-16-29-54(55)68)63-52(43-21-12-10-13-22-43)27-19-28-53(63)44-35-46(65(4,5)6)37-47(36-44)66(7,8)9/h10-41H,42H2,1-9H3. The van der Waals surface area contributed by atoms with Gasteiger partial charge >= 0.3 is 0 Å². The van der Waals surface area contributed by atoms with Gasteiger partial charge in [0.2, 0.25) is 0 Å². The molecule has 1 aliphatic heterocycles. The lowest BCUT2D eigenvalue weighted by Crippen LogP contribution is -2.25. The molecule has 1 aliphatic rings. The van der Waals surface area contributed by atoms with E-state index in [2.05, 4.69) is 269 Å². The van der Waals surface area contributed by atoms with Crippen LogP contribution in [-0.2, 0) is 16.2 Å². The van der Waals surface area contributed by atoms with Crippen LogP contribution >= 0.6 is 0 Å². The molecule has 12 rings (SSSR count). The zero-order valence-electron chi connectivity index (χ0n) is 42.8. The molecular weight excluding hydrogens is 879 g/mol. The van der Waals surface area contributed by atoms with E-state index >= 15 is 0 Å². The van der Waals surface area contributed by atoms with Crippen LogP contribution in [0.1, 0.15) is 79.0 Å². The third-order valence-corrected chi connectivity index (χ3v) is 14.6. The van der Waals surface area contributed by atoms with E-state index < -0.39 is 0 Å². The summed E-state index contributed by atoms with van der Waals surface area (Å²) in [5, 5.41) is 2.41. The molecule has 0 saturated heterocycles. The molecule has 6 heteroatoms. The van der Waals surface area contributed by atoms with Gasteiger partial charge in [-0.2, -0.15) is 0 Å². The van der Waals surface area contributed by atoms with E-state index in [1.54, 1.807) is 0 Å². The number of anilines is 4. The fourth-order valence-corrected chi connectivity index (χ4v) is 10.8. The Morgan fingerprint density at radius 1 is 0.403 bits per heavy atom. The van der Waals surface area contributed by atoms with Crippen molar-refractivity contribution in [3.05, 3.63) is 211 Å². The summed E-state index contributed by atoms with van der Waals surface area (Å²) in [6.07, 6.45) is 1.94. The van der Waals surface area contributed by atoms with E-state index in [0.717, 1.165) is 62.1 Å². The molecular formula is C66H61N5O. The van der Waals surface area contributed by atoms with Gasteiger partial charge in [0.05, 0.1) is 39.1 Å². The van der Waals surface area contributed by atoms with Gasteiger partial charge in [-0.15, -0.1) is 0 Å². The molecule has 11 aromatic rings. The van der Waals surface area contributed by atoms with Crippen molar-refractivity contribution in [1.82, 2.24) is 14.1 Å². The highest BCUT2D eigenvalue weighted by Gasteiger charge is 2.33. The molecule has 0 amide bonds. The summed E-state index contributed by atoms with van der Waals surface area (Å²) in [7, 11) is 0. The van der Waals surface area contributed by atoms with Crippen molar-refractivity contribution >= 4 is 55.6 Å². The van der Waals surface area contributed by atoms with E-state index in [1.165, 1.54) is 55.4 Å². The number of ether oxygens (including phenoxy) is 1. The van der Waals surface area contributed by atoms with Gasteiger partial charge in [0.25, 0.3) is 0 Å². The summed E-state index contributed by atoms with van der Waals surface area (Å²) in [6, 6.07) is 68.3. The number of rotatable bonds is 8. The molecule has 0 radical (unpaired) electrons. The monoisotopic (exact) mass is 939 g/mol. The van der Waals surface area contributed by atoms with Crippen LogP contribution in [0.2, 0.25) is 0 Å². The third kappa shape index (κ3) is 7.68. The third-order valence-electron chi connectivity index (χ3n) is 14.6. The van der Waals surface area contributed by atoms with E-state index in [0.29, 0.717) is 6.67 Å². The zero-order chi connectivity index (χ0) is 49.7. The molecule has 0 fully saturated rings. The number of hydrogen-bond donors (Lipinski definition) is 0. The summed E-state index contributed by atoms with van der Waals surface area (Å²) >= 11 is 0. The van der Waals surface area contributed by atoms with E-state index in [1.807, 2.05) is 6.20 Å². The summed E-state index contributed by atoms with van der Waals surface area (Å²) in [6.45, 7) is 21.3. The first-order valence-corrected chi connectivity index (χ1v) is 25.3. The SMILES string of the molecule is CC(C)(C)c1cc(-c2cccc(-c3ccccc3)c2N2CN(c3cccc(Oc4cc5c6c7c(cccc7n(-c7cc(C(C)(C)C)ccn7)c6c4)n5-c4ccccc4)c3)c3ccccc32)cc(C(C)(C)C)c1. The Labute approximate surface area is 423 Å². The van der Waals surface area contributed by atoms with Gasteiger partial charge in [-0.1, -0.05) is 172 Å². The summed E-state index contributed by atoms with van der Waals surface area (Å²) in [5.74, 6) is 2.40. The molecule has 8 aromatic carbocycles. The molecule has 0 atom stereocenters. The van der Waals surface area contributed by atoms with E-state index in [-0.39, 0.29) is 16.2 Å². The second kappa shape index (κ2) is 16.8. The lowest BCUT2D eigenvalue weighted by molar-refractivity contribution is 0.484. The van der Waals surface area contributed by atoms with Crippen molar-refractivity contribution in [2.45, 2.75) is 78.6 Å². The van der Waals surface area contributed by atoms with Crippen molar-refractivity contribution < 1.29 is 4.74 Å². The average molecular weight is 940 g/mol. The first-order valence-electron chi connectivity index (χ1n) is 25.3. The largest absolute Gasteiger partial charge is 0.457 e. The molecule has 72 heavy (non-hydrogen) atoms. The van der Waals surface area contributed by atoms with Crippen LogP contribution in [0.3, 0.4) is 0 Å². The van der Waals surface area contributed by atoms with Gasteiger partial charge in [-0.3, -0.25) is 4.57 Å². The van der Waals surface area contributed by atoms with Gasteiger partial charge in [-0.25, -0.2) is 4.98 Å². The normalized spacial score (nSPS) is 13.2. The highest BCUT2D eigenvalue weighted by atomic mass is 16.5. The maximum Gasteiger partial charge on any atom is 0.137 e. The fraction of sp³-hybridized carbons (Fsp3) is 0.197. The highest BCUT2D eigenvalue weighted by Crippen LogP contribution is 2.52. The van der Waals surface area contributed by atoms with Crippen LogP contribution < -0.4 is 14.5 Å². The van der Waals surface area contributed by atoms with Crippen LogP contribution in [0.15, 0.2) is 194 Å². The summed E-state index contributed by atoms with van der Waals surface area (Å²) < 4.78 is 11.8. The molecule has 356 valence electrons. The first kappa shape index (κ1) is 45.1. The highest BCUT2D eigenvalue weighted by molar-refractivity contribution is 6.25. The Morgan fingerprint density at radius 2 is 0.944 bits per heavy atom. The molecule has 0 N–H and O–H groups in total. The minimum absolute atomic E-state index is 0.0287. The molecule has 0 spiro atoms. The molecule has 0 aliphatic carbocycles. The van der Waals surface area contributed by atoms with Crippen LogP contribution in [0.4, 0.5) is 22.7 Å². The smallest absolute Gasteiger partial charge is 0.137 e. The Hall–Kier alpha value is -8.09. The van der Waals surface area contributed by atoms with Crippen molar-refractivity contribution in [3.8, 4) is 45.3 Å². The minimum atomic E-state index is -0.0398. The van der Waals surface area contributed by atoms with Crippen LogP contribution in [-0.4, -0.2) is 20.8 Å². The predicted octanol–water partition coefficient (Wildman–Crippen LogP) is 17.8. The number of nitrogens with zero attached hydrogens (tertiary/aromatic N) is 5. The molecule has 0 bridgehead atoms. The molecule has 3 aromatic heterocycles. The van der Waals surface area contributed by atoms with Gasteiger partial charge in [-0.05, 0) is 105 Å². The average Bonchev–Trinajstić information content (AvgIpc) is 4.04. The Morgan fingerprint density at radius 3 is 1.61 bits per heavy atom. The Bertz CT molecular complexity index is 3790. The van der Waals surface area contributed by atoms with Crippen LogP contribution in [0.25, 0.3) is 66.6 Å². The van der Waals surface area contributed by atoms with E-state index in [9.17, 15) is 0 Å². The topological polar surface area (TPSA) is 38.5 Å². The number of fused-ring (bicyclic) bond motifs is 1. The van der Waals surface area contributed by atoms with Crippen molar-refractivity contribution in [2.75, 3.05) is 16.5 Å². The summed E-state index contributed by atoms with van der Waals surface area (Å²) in [5.41, 5.74) is 18.6. The number of para-hydroxylation sites is 4. The fourth-order valence-electron chi connectivity index (χ4n) is 10.8. The second-order valence-corrected chi connectivity index (χ2v) is 22.6. The van der Waals surface area contributed by atoms with Gasteiger partial charge < -0.3 is 19.1 Å². The maximum atomic E-state index is 7.09. The second-order valence-electron chi connectivity index (χ2n) is 22.6. The van der Waals surface area contributed by atoms with Gasteiger partial charge in [0.15, 0.2) is 0 Å². The number of aromatic nitrogens is 3. The van der Waals surface area contributed by atoms with Crippen molar-refractivity contribution in [2.24, 2.45) is 0 Å². The molecule has 0 saturated carbocycles. The van der Waals surface area contributed by atoms with Gasteiger partial charge in [0, 0.05) is 57.7 Å². The molecule has 4 heterocycles. The lowest BCUT2D eigenvalue weighted by atomic mass is 9.78. The van der Waals surface area contributed by atoms with E-state index in [4.69, 9.17) is 9.72 Å². The Kier molecular flexibility index (Phi) is 10.5. The number of pyridine rings is 1. The lowest BCUT2D eigenvalue weighted by Gasteiger charge is -2.29. The number of hydrogen-bond acceptors (Lipinski definition) is 4. The number of benzene rings is 8. The van der Waals surface area contributed by atoms with Crippen molar-refractivity contribution in [3.63, 3.8) is 0 Å². The molecule has 0 unspecified atom stereocenters. The predicted molar refractivity (Wildman–Crippen MR) is 302 cm³/mol. The maximum absolute atomic E-state index is 7.09. The Balaban J connectivity index is 0.984. The van der Waals surface area contributed by atoms with Crippen LogP contribution in [0.5, 0.6) is 11.5 Å². The summed E-state index contributed by atoms with van der Waals surface area (Å²) in [4.78, 5) is 9.95. The van der Waals surface area contributed by atoms with Crippen LogP contribution in [0, 0.1) is 0 Å². The van der Waals surface area contributed by atoms with Crippen molar-refractivity contribution in [1.29, 1.82) is 0 Å². The van der Waals surface area contributed by atoms with Gasteiger partial charge in [0.1, 0.15) is 24.0 Å². The first-order chi connectivity index (χ1) is 34.6.